The molecule has 0 saturated carbocycles. The highest BCUT2D eigenvalue weighted by molar-refractivity contribution is 8.00. The largest absolute Gasteiger partial charge is 0.484 e. The minimum absolute atomic E-state index is 0.000632. The van der Waals surface area contributed by atoms with Crippen molar-refractivity contribution in [1.82, 2.24) is 9.80 Å². The number of nitrogens with one attached hydrogen (secondary N) is 1. The van der Waals surface area contributed by atoms with E-state index in [9.17, 15) is 9.59 Å². The minimum atomic E-state index is -0.246. The number of urea groups is 1. The molecular formula is C22H24ClN3O3S. The van der Waals surface area contributed by atoms with Crippen molar-refractivity contribution < 1.29 is 14.3 Å². The number of hydrogen-bond donors (Lipinski definition) is 1. The van der Waals surface area contributed by atoms with Crippen LogP contribution in [0.5, 0.6) is 5.75 Å². The van der Waals surface area contributed by atoms with Crippen molar-refractivity contribution in [1.29, 1.82) is 0 Å². The summed E-state index contributed by atoms with van der Waals surface area (Å²) >= 11 is 7.81. The average Bonchev–Trinajstić information content (AvgIpc) is 3.16. The van der Waals surface area contributed by atoms with Gasteiger partial charge in [-0.15, -0.1) is 11.8 Å². The highest BCUT2D eigenvalue weighted by Gasteiger charge is 2.46. The zero-order chi connectivity index (χ0) is 21.0. The number of halogens is 1. The lowest BCUT2D eigenvalue weighted by Crippen LogP contribution is -2.55. The zero-order valence-electron chi connectivity index (χ0n) is 16.6. The number of likely N-dealkylation sites (tertiary alicyclic amines) is 1. The first-order valence-corrected chi connectivity index (χ1v) is 11.4. The Hall–Kier alpha value is -2.38. The van der Waals surface area contributed by atoms with Crippen molar-refractivity contribution in [3.8, 4) is 5.75 Å². The third kappa shape index (κ3) is 4.68. The predicted molar refractivity (Wildman–Crippen MR) is 120 cm³/mol. The molecule has 0 bridgehead atoms. The molecule has 2 heterocycles. The van der Waals surface area contributed by atoms with E-state index >= 15 is 0 Å². The van der Waals surface area contributed by atoms with Gasteiger partial charge >= 0.3 is 6.03 Å². The van der Waals surface area contributed by atoms with Crippen molar-refractivity contribution >= 4 is 41.0 Å². The van der Waals surface area contributed by atoms with E-state index in [2.05, 4.69) is 5.32 Å². The molecule has 0 radical (unpaired) electrons. The molecule has 8 heteroatoms. The molecule has 158 valence electrons. The summed E-state index contributed by atoms with van der Waals surface area (Å²) in [6, 6.07) is 16.4. The van der Waals surface area contributed by atoms with Crippen LogP contribution in [0.1, 0.15) is 12.8 Å². The standard InChI is InChI=1S/C22H24ClN3O3S/c23-17-5-4-6-18(15-17)24-21(28)25-11-9-22(10-12-25)26(13-14-30-22)20(27)16-29-19-7-2-1-3-8-19/h1-8,15H,9-14,16H2,(H,24,28). The van der Waals surface area contributed by atoms with Crippen LogP contribution >= 0.6 is 23.4 Å². The molecule has 1 spiro atoms. The first-order valence-electron chi connectivity index (χ1n) is 10.00. The average molecular weight is 446 g/mol. The Bertz CT molecular complexity index is 904. The molecule has 2 aromatic carbocycles. The van der Waals surface area contributed by atoms with Crippen LogP contribution in [0.2, 0.25) is 5.02 Å². The third-order valence-electron chi connectivity index (χ3n) is 5.49. The SMILES string of the molecule is O=C(Nc1cccc(Cl)c1)N1CCC2(CC1)SCCN2C(=O)COc1ccccc1. The Morgan fingerprint density at radius 3 is 2.57 bits per heavy atom. The van der Waals surface area contributed by atoms with Crippen LogP contribution in [0.15, 0.2) is 54.6 Å². The summed E-state index contributed by atoms with van der Waals surface area (Å²) < 4.78 is 5.66. The number of anilines is 1. The van der Waals surface area contributed by atoms with E-state index in [1.165, 1.54) is 0 Å². The molecule has 0 aliphatic carbocycles. The van der Waals surface area contributed by atoms with Crippen LogP contribution in [0.3, 0.4) is 0 Å². The molecule has 6 nitrogen and oxygen atoms in total. The highest BCUT2D eigenvalue weighted by Crippen LogP contribution is 2.44. The summed E-state index contributed by atoms with van der Waals surface area (Å²) in [6.07, 6.45) is 1.50. The molecule has 3 amide bonds. The van der Waals surface area contributed by atoms with E-state index in [-0.39, 0.29) is 23.4 Å². The maximum Gasteiger partial charge on any atom is 0.321 e. The number of amides is 3. The molecular weight excluding hydrogens is 422 g/mol. The third-order valence-corrected chi connectivity index (χ3v) is 7.28. The second-order valence-electron chi connectivity index (χ2n) is 7.37. The molecule has 0 aromatic heterocycles. The van der Waals surface area contributed by atoms with Crippen LogP contribution in [0.4, 0.5) is 10.5 Å². The summed E-state index contributed by atoms with van der Waals surface area (Å²) in [5, 5.41) is 3.48. The molecule has 2 fully saturated rings. The van der Waals surface area contributed by atoms with E-state index in [4.69, 9.17) is 16.3 Å². The van der Waals surface area contributed by atoms with Gasteiger partial charge < -0.3 is 19.9 Å². The molecule has 4 rings (SSSR count). The molecule has 2 saturated heterocycles. The maximum atomic E-state index is 12.9. The van der Waals surface area contributed by atoms with Crippen LogP contribution in [-0.2, 0) is 4.79 Å². The molecule has 0 atom stereocenters. The number of para-hydroxylation sites is 1. The fraction of sp³-hybridized carbons (Fsp3) is 0.364. The minimum Gasteiger partial charge on any atom is -0.484 e. The Labute approximate surface area is 185 Å². The monoisotopic (exact) mass is 445 g/mol. The lowest BCUT2D eigenvalue weighted by Gasteiger charge is -2.43. The number of carbonyl (C=O) groups is 2. The Kier molecular flexibility index (Phi) is 6.39. The predicted octanol–water partition coefficient (Wildman–Crippen LogP) is 4.32. The lowest BCUT2D eigenvalue weighted by molar-refractivity contribution is -0.136. The smallest absolute Gasteiger partial charge is 0.321 e. The van der Waals surface area contributed by atoms with Gasteiger partial charge in [0.05, 0.1) is 4.87 Å². The van der Waals surface area contributed by atoms with Gasteiger partial charge in [0.15, 0.2) is 6.61 Å². The quantitative estimate of drug-likeness (QED) is 0.761. The number of carbonyl (C=O) groups excluding carboxylic acids is 2. The summed E-state index contributed by atoms with van der Waals surface area (Å²) in [4.78, 5) is 29.0. The second kappa shape index (κ2) is 9.18. The number of ether oxygens (including phenoxy) is 1. The summed E-state index contributed by atoms with van der Waals surface area (Å²) in [7, 11) is 0. The van der Waals surface area contributed by atoms with Crippen LogP contribution in [0, 0.1) is 0 Å². The fourth-order valence-electron chi connectivity index (χ4n) is 3.94. The Balaban J connectivity index is 1.33. The molecule has 0 unspecified atom stereocenters. The molecule has 2 aromatic rings. The number of benzene rings is 2. The first-order chi connectivity index (χ1) is 14.6. The molecule has 2 aliphatic rings. The van der Waals surface area contributed by atoms with Gasteiger partial charge in [-0.2, -0.15) is 0 Å². The maximum absolute atomic E-state index is 12.9. The molecule has 30 heavy (non-hydrogen) atoms. The van der Waals surface area contributed by atoms with E-state index in [0.717, 1.165) is 25.1 Å². The van der Waals surface area contributed by atoms with E-state index in [1.54, 1.807) is 23.1 Å². The summed E-state index contributed by atoms with van der Waals surface area (Å²) in [5.41, 5.74) is 0.679. The number of piperidine rings is 1. The number of hydrogen-bond acceptors (Lipinski definition) is 4. The van der Waals surface area contributed by atoms with Gasteiger partial charge in [-0.1, -0.05) is 35.9 Å². The van der Waals surface area contributed by atoms with Gasteiger partial charge in [-0.3, -0.25) is 4.79 Å². The second-order valence-corrected chi connectivity index (χ2v) is 9.26. The fourth-order valence-corrected chi connectivity index (χ4v) is 5.61. The van der Waals surface area contributed by atoms with Crippen molar-refractivity contribution in [3.63, 3.8) is 0 Å². The molecule has 2 aliphatic heterocycles. The van der Waals surface area contributed by atoms with Crippen LogP contribution in [-0.4, -0.2) is 58.6 Å². The van der Waals surface area contributed by atoms with Crippen molar-refractivity contribution in [2.75, 3.05) is 37.3 Å². The lowest BCUT2D eigenvalue weighted by atomic mass is 10.0. The van der Waals surface area contributed by atoms with Gasteiger partial charge in [-0.05, 0) is 43.2 Å². The van der Waals surface area contributed by atoms with Crippen LogP contribution in [0.25, 0.3) is 0 Å². The summed E-state index contributed by atoms with van der Waals surface area (Å²) in [5.74, 6) is 1.60. The number of nitrogens with zero attached hydrogens (tertiary/aromatic N) is 2. The van der Waals surface area contributed by atoms with E-state index in [0.29, 0.717) is 29.5 Å². The highest BCUT2D eigenvalue weighted by atomic mass is 35.5. The van der Waals surface area contributed by atoms with Crippen LogP contribution < -0.4 is 10.1 Å². The Morgan fingerprint density at radius 2 is 1.83 bits per heavy atom. The Morgan fingerprint density at radius 1 is 1.07 bits per heavy atom. The van der Waals surface area contributed by atoms with E-state index < -0.39 is 0 Å². The van der Waals surface area contributed by atoms with E-state index in [1.807, 2.05) is 53.1 Å². The van der Waals surface area contributed by atoms with Crippen molar-refractivity contribution in [3.05, 3.63) is 59.6 Å². The van der Waals surface area contributed by atoms with Gasteiger partial charge in [0.25, 0.3) is 5.91 Å². The molecule has 1 N–H and O–H groups in total. The van der Waals surface area contributed by atoms with Gasteiger partial charge in [-0.25, -0.2) is 4.79 Å². The first kappa shape index (κ1) is 20.9. The number of thioether (sulfide) groups is 1. The van der Waals surface area contributed by atoms with Crippen molar-refractivity contribution in [2.24, 2.45) is 0 Å². The van der Waals surface area contributed by atoms with Gasteiger partial charge in [0, 0.05) is 36.1 Å². The normalized spacial score (nSPS) is 17.8. The van der Waals surface area contributed by atoms with Gasteiger partial charge in [0.2, 0.25) is 0 Å². The zero-order valence-corrected chi connectivity index (χ0v) is 18.1. The van der Waals surface area contributed by atoms with Crippen molar-refractivity contribution in [2.45, 2.75) is 17.7 Å². The van der Waals surface area contributed by atoms with Gasteiger partial charge in [0.1, 0.15) is 5.75 Å². The number of rotatable bonds is 4. The summed E-state index contributed by atoms with van der Waals surface area (Å²) in [6.45, 7) is 1.95. The topological polar surface area (TPSA) is 61.9 Å².